The zero-order valence-corrected chi connectivity index (χ0v) is 14.1. The molecule has 3 nitrogen and oxygen atoms in total. The molecule has 0 radical (unpaired) electrons. The van der Waals surface area contributed by atoms with Crippen LogP contribution in [0.5, 0.6) is 5.75 Å². The topological polar surface area (TPSA) is 30.8 Å². The minimum absolute atomic E-state index is 0.305. The fraction of sp³-hybridized carbons (Fsp3) is 0.381. The molecule has 0 aromatic heterocycles. The Morgan fingerprint density at radius 3 is 2.58 bits per heavy atom. The van der Waals surface area contributed by atoms with Crippen LogP contribution in [0.2, 0.25) is 0 Å². The van der Waals surface area contributed by atoms with Crippen LogP contribution in [0, 0.1) is 5.92 Å². The van der Waals surface area contributed by atoms with Crippen molar-refractivity contribution in [3.05, 3.63) is 65.2 Å². The van der Waals surface area contributed by atoms with E-state index in [0.717, 1.165) is 36.8 Å². The SMILES string of the molecule is CO/N=C1/Cc2ccccc2C1Cc1ccc(OCC2CC2)cc1. The third kappa shape index (κ3) is 3.30. The van der Waals surface area contributed by atoms with Crippen molar-refractivity contribution < 1.29 is 9.57 Å². The van der Waals surface area contributed by atoms with Crippen molar-refractivity contribution in [1.29, 1.82) is 0 Å². The first-order chi connectivity index (χ1) is 11.8. The van der Waals surface area contributed by atoms with E-state index in [1.54, 1.807) is 7.11 Å². The molecule has 124 valence electrons. The molecule has 1 atom stereocenters. The number of benzene rings is 2. The molecule has 1 unspecified atom stereocenters. The second kappa shape index (κ2) is 6.68. The predicted octanol–water partition coefficient (Wildman–Crippen LogP) is 4.36. The Bertz CT molecular complexity index is 732. The molecular weight excluding hydrogens is 298 g/mol. The van der Waals surface area contributed by atoms with Crippen molar-refractivity contribution in [2.75, 3.05) is 13.7 Å². The molecule has 2 aliphatic rings. The molecule has 1 saturated carbocycles. The normalized spacial score (nSPS) is 20.9. The minimum Gasteiger partial charge on any atom is -0.493 e. The maximum absolute atomic E-state index is 5.83. The summed E-state index contributed by atoms with van der Waals surface area (Å²) >= 11 is 0. The highest BCUT2D eigenvalue weighted by Crippen LogP contribution is 2.34. The predicted molar refractivity (Wildman–Crippen MR) is 95.7 cm³/mol. The lowest BCUT2D eigenvalue weighted by molar-refractivity contribution is 0.211. The molecule has 1 fully saturated rings. The monoisotopic (exact) mass is 321 g/mol. The molecule has 0 N–H and O–H groups in total. The van der Waals surface area contributed by atoms with Gasteiger partial charge in [0.2, 0.25) is 0 Å². The summed E-state index contributed by atoms with van der Waals surface area (Å²) in [5.74, 6) is 2.06. The summed E-state index contributed by atoms with van der Waals surface area (Å²) in [6.45, 7) is 0.861. The van der Waals surface area contributed by atoms with Gasteiger partial charge in [-0.1, -0.05) is 41.6 Å². The van der Waals surface area contributed by atoms with Crippen LogP contribution in [0.15, 0.2) is 53.7 Å². The highest BCUT2D eigenvalue weighted by Gasteiger charge is 2.29. The summed E-state index contributed by atoms with van der Waals surface area (Å²) < 4.78 is 5.83. The van der Waals surface area contributed by atoms with Crippen molar-refractivity contribution >= 4 is 5.71 Å². The molecule has 0 spiro atoms. The quantitative estimate of drug-likeness (QED) is 0.740. The molecule has 2 aromatic rings. The van der Waals surface area contributed by atoms with Crippen LogP contribution in [0.4, 0.5) is 0 Å². The van der Waals surface area contributed by atoms with Crippen molar-refractivity contribution in [1.82, 2.24) is 0 Å². The van der Waals surface area contributed by atoms with Crippen molar-refractivity contribution in [3.63, 3.8) is 0 Å². The maximum atomic E-state index is 5.83. The van der Waals surface area contributed by atoms with Gasteiger partial charge in [0.05, 0.1) is 12.3 Å². The maximum Gasteiger partial charge on any atom is 0.119 e. The smallest absolute Gasteiger partial charge is 0.119 e. The largest absolute Gasteiger partial charge is 0.493 e. The lowest BCUT2D eigenvalue weighted by Gasteiger charge is -2.13. The summed E-state index contributed by atoms with van der Waals surface area (Å²) in [5.41, 5.74) is 5.16. The number of oxime groups is 1. The molecule has 0 heterocycles. The summed E-state index contributed by atoms with van der Waals surface area (Å²) in [4.78, 5) is 5.07. The van der Waals surface area contributed by atoms with Gasteiger partial charge in [0.1, 0.15) is 12.9 Å². The molecule has 2 aromatic carbocycles. The molecule has 2 aliphatic carbocycles. The highest BCUT2D eigenvalue weighted by molar-refractivity contribution is 5.96. The van der Waals surface area contributed by atoms with E-state index in [4.69, 9.17) is 9.57 Å². The summed E-state index contributed by atoms with van der Waals surface area (Å²) in [6, 6.07) is 17.1. The fourth-order valence-corrected chi connectivity index (χ4v) is 3.43. The van der Waals surface area contributed by atoms with Gasteiger partial charge in [-0.2, -0.15) is 0 Å². The number of nitrogens with zero attached hydrogens (tertiary/aromatic N) is 1. The Hall–Kier alpha value is -2.29. The third-order valence-electron chi connectivity index (χ3n) is 4.96. The van der Waals surface area contributed by atoms with E-state index in [0.29, 0.717) is 5.92 Å². The Labute approximate surface area is 143 Å². The molecule has 0 amide bonds. The van der Waals surface area contributed by atoms with E-state index in [-0.39, 0.29) is 0 Å². The van der Waals surface area contributed by atoms with Gasteiger partial charge in [0, 0.05) is 12.3 Å². The first-order valence-corrected chi connectivity index (χ1v) is 8.73. The van der Waals surface area contributed by atoms with Gasteiger partial charge in [0.25, 0.3) is 0 Å². The van der Waals surface area contributed by atoms with E-state index < -0.39 is 0 Å². The molecule has 24 heavy (non-hydrogen) atoms. The third-order valence-corrected chi connectivity index (χ3v) is 4.96. The van der Waals surface area contributed by atoms with E-state index in [1.165, 1.54) is 29.5 Å². The van der Waals surface area contributed by atoms with E-state index in [9.17, 15) is 0 Å². The van der Waals surface area contributed by atoms with Gasteiger partial charge in [-0.15, -0.1) is 0 Å². The molecule has 3 heteroatoms. The average molecular weight is 321 g/mol. The number of hydrogen-bond acceptors (Lipinski definition) is 3. The molecule has 0 saturated heterocycles. The summed E-state index contributed by atoms with van der Waals surface area (Å²) in [6.07, 6.45) is 4.47. The van der Waals surface area contributed by atoms with Crippen LogP contribution in [0.3, 0.4) is 0 Å². The first-order valence-electron chi connectivity index (χ1n) is 8.73. The van der Waals surface area contributed by atoms with E-state index >= 15 is 0 Å². The van der Waals surface area contributed by atoms with Gasteiger partial charge in [-0.05, 0) is 54.0 Å². The highest BCUT2D eigenvalue weighted by atomic mass is 16.6. The van der Waals surface area contributed by atoms with Crippen LogP contribution < -0.4 is 4.74 Å². The van der Waals surface area contributed by atoms with Crippen LogP contribution in [-0.4, -0.2) is 19.4 Å². The number of rotatable bonds is 6. The molecule has 0 aliphatic heterocycles. The Morgan fingerprint density at radius 1 is 1.04 bits per heavy atom. The lowest BCUT2D eigenvalue weighted by Crippen LogP contribution is -2.10. The van der Waals surface area contributed by atoms with Gasteiger partial charge in [0.15, 0.2) is 0 Å². The fourth-order valence-electron chi connectivity index (χ4n) is 3.43. The van der Waals surface area contributed by atoms with Crippen LogP contribution >= 0.6 is 0 Å². The Morgan fingerprint density at radius 2 is 1.83 bits per heavy atom. The summed E-state index contributed by atoms with van der Waals surface area (Å²) in [5, 5.41) is 4.28. The lowest BCUT2D eigenvalue weighted by atomic mass is 9.92. The average Bonchev–Trinajstić information content (AvgIpc) is 3.38. The summed E-state index contributed by atoms with van der Waals surface area (Å²) in [7, 11) is 1.62. The van der Waals surface area contributed by atoms with E-state index in [1.807, 2.05) is 0 Å². The van der Waals surface area contributed by atoms with Gasteiger partial charge >= 0.3 is 0 Å². The first kappa shape index (κ1) is 15.3. The second-order valence-electron chi connectivity index (χ2n) is 6.80. The standard InChI is InChI=1S/C21H23NO2/c1-23-22-21-13-17-4-2-3-5-19(17)20(21)12-15-8-10-18(11-9-15)24-14-16-6-7-16/h2-5,8-11,16,20H,6-7,12-14H2,1H3/b22-21-. The van der Waals surface area contributed by atoms with Crippen molar-refractivity contribution in [2.24, 2.45) is 11.1 Å². The zero-order chi connectivity index (χ0) is 16.4. The molecule has 4 rings (SSSR count). The zero-order valence-electron chi connectivity index (χ0n) is 14.1. The van der Waals surface area contributed by atoms with Gasteiger partial charge in [-0.25, -0.2) is 0 Å². The van der Waals surface area contributed by atoms with Gasteiger partial charge < -0.3 is 9.57 Å². The minimum atomic E-state index is 0.305. The number of hydrogen-bond donors (Lipinski definition) is 0. The van der Waals surface area contributed by atoms with Gasteiger partial charge in [-0.3, -0.25) is 0 Å². The van der Waals surface area contributed by atoms with Crippen LogP contribution in [-0.2, 0) is 17.7 Å². The second-order valence-corrected chi connectivity index (χ2v) is 6.80. The molecular formula is C21H23NO2. The Balaban J connectivity index is 1.49. The number of ether oxygens (including phenoxy) is 1. The number of fused-ring (bicyclic) bond motifs is 1. The van der Waals surface area contributed by atoms with Crippen LogP contribution in [0.25, 0.3) is 0 Å². The van der Waals surface area contributed by atoms with Crippen molar-refractivity contribution in [2.45, 2.75) is 31.6 Å². The van der Waals surface area contributed by atoms with Crippen LogP contribution in [0.1, 0.15) is 35.4 Å². The van der Waals surface area contributed by atoms with E-state index in [2.05, 4.69) is 53.7 Å². The Kier molecular flexibility index (Phi) is 4.24. The van der Waals surface area contributed by atoms with Crippen molar-refractivity contribution in [3.8, 4) is 5.75 Å². The molecule has 0 bridgehead atoms.